The minimum absolute atomic E-state index is 0.0904. The molecule has 1 aliphatic heterocycles. The number of H-pyrrole nitrogens is 1. The maximum Gasteiger partial charge on any atom is 0.257 e. The summed E-state index contributed by atoms with van der Waals surface area (Å²) in [6.07, 6.45) is 1.90. The molecule has 0 amide bonds. The highest BCUT2D eigenvalue weighted by Gasteiger charge is 2.41. The molecule has 0 spiro atoms. The molecular weight excluding hydrogens is 292 g/mol. The van der Waals surface area contributed by atoms with Crippen molar-refractivity contribution in [3.63, 3.8) is 0 Å². The summed E-state index contributed by atoms with van der Waals surface area (Å²) in [7, 11) is 0. The van der Waals surface area contributed by atoms with E-state index in [1.165, 1.54) is 0 Å². The highest BCUT2D eigenvalue weighted by molar-refractivity contribution is 5.85. The topological polar surface area (TPSA) is 68.2 Å². The van der Waals surface area contributed by atoms with Crippen LogP contribution in [0.2, 0.25) is 0 Å². The minimum Gasteiger partial charge on any atom is -0.486 e. The summed E-state index contributed by atoms with van der Waals surface area (Å²) in [5.74, 6) is 0.420. The van der Waals surface area contributed by atoms with Crippen LogP contribution in [0.25, 0.3) is 10.9 Å². The molecule has 0 radical (unpaired) electrons. The van der Waals surface area contributed by atoms with Crippen LogP contribution in [0, 0.1) is 17.0 Å². The predicted molar refractivity (Wildman–Crippen MR) is 87.6 cm³/mol. The number of fused-ring (bicyclic) bond motifs is 2. The molecule has 1 N–H and O–H groups in total. The molecule has 0 saturated carbocycles. The molecule has 23 heavy (non-hydrogen) atoms. The number of hydrogen-bond acceptors (Lipinski definition) is 3. The first-order valence-electron chi connectivity index (χ1n) is 7.58. The van der Waals surface area contributed by atoms with Crippen molar-refractivity contribution in [1.82, 2.24) is 4.98 Å². The summed E-state index contributed by atoms with van der Waals surface area (Å²) < 4.78 is 5.61. The molecule has 0 unspecified atom stereocenters. The summed E-state index contributed by atoms with van der Waals surface area (Å²) in [6, 6.07) is 12.9. The molecule has 116 valence electrons. The third-order valence-corrected chi connectivity index (χ3v) is 4.52. The average molecular weight is 308 g/mol. The first-order chi connectivity index (χ1) is 11.1. The Morgan fingerprint density at radius 3 is 2.87 bits per heavy atom. The van der Waals surface area contributed by atoms with Crippen molar-refractivity contribution in [2.45, 2.75) is 18.9 Å². The number of hydrogen-bond donors (Lipinski definition) is 1. The molecule has 3 aromatic rings. The normalized spacial score (nSPS) is 20.0. The second kappa shape index (κ2) is 5.12. The number of nitrogens with one attached hydrogen (secondary N) is 1. The Morgan fingerprint density at radius 1 is 1.22 bits per heavy atom. The molecule has 5 nitrogen and oxygen atoms in total. The Kier molecular flexibility index (Phi) is 3.08. The van der Waals surface area contributed by atoms with Crippen LogP contribution in [0.4, 0.5) is 0 Å². The molecule has 1 aliphatic rings. The van der Waals surface area contributed by atoms with Gasteiger partial charge < -0.3 is 9.72 Å². The van der Waals surface area contributed by atoms with E-state index in [0.717, 1.165) is 33.3 Å². The first-order valence-corrected chi connectivity index (χ1v) is 7.58. The van der Waals surface area contributed by atoms with Crippen molar-refractivity contribution in [3.8, 4) is 5.75 Å². The van der Waals surface area contributed by atoms with Gasteiger partial charge in [0.15, 0.2) is 6.61 Å². The zero-order chi connectivity index (χ0) is 16.0. The standard InChI is InChI=1S/C18H16N2O3/c1-11-6-7-15-13(8-11)14(9-19-15)18-12-4-2-3-5-17(12)23-10-16(18)20(21)22/h2-9,16,18-19H,10H2,1H3/t16-,18+/m0/s1. The summed E-state index contributed by atoms with van der Waals surface area (Å²) >= 11 is 0. The Balaban J connectivity index is 1.95. The highest BCUT2D eigenvalue weighted by atomic mass is 16.6. The smallest absolute Gasteiger partial charge is 0.257 e. The van der Waals surface area contributed by atoms with Crippen molar-refractivity contribution < 1.29 is 9.66 Å². The summed E-state index contributed by atoms with van der Waals surface area (Å²) in [5, 5.41) is 12.6. The summed E-state index contributed by atoms with van der Waals surface area (Å²) in [4.78, 5) is 14.6. The number of para-hydroxylation sites is 1. The number of rotatable bonds is 2. The van der Waals surface area contributed by atoms with Crippen LogP contribution in [-0.2, 0) is 0 Å². The number of ether oxygens (including phenoxy) is 1. The molecule has 2 heterocycles. The fourth-order valence-electron chi connectivity index (χ4n) is 3.42. The predicted octanol–water partition coefficient (Wildman–Crippen LogP) is 3.65. The molecule has 1 aromatic heterocycles. The zero-order valence-corrected chi connectivity index (χ0v) is 12.7. The summed E-state index contributed by atoms with van der Waals surface area (Å²) in [6.45, 7) is 2.12. The third-order valence-electron chi connectivity index (χ3n) is 4.52. The molecule has 0 aliphatic carbocycles. The summed E-state index contributed by atoms with van der Waals surface area (Å²) in [5.41, 5.74) is 3.97. The van der Waals surface area contributed by atoms with E-state index < -0.39 is 6.04 Å². The lowest BCUT2D eigenvalue weighted by molar-refractivity contribution is -0.528. The van der Waals surface area contributed by atoms with Crippen LogP contribution in [0.3, 0.4) is 0 Å². The van der Waals surface area contributed by atoms with Gasteiger partial charge in [-0.2, -0.15) is 0 Å². The van der Waals surface area contributed by atoms with E-state index in [4.69, 9.17) is 4.74 Å². The largest absolute Gasteiger partial charge is 0.486 e. The van der Waals surface area contributed by atoms with Gasteiger partial charge in [-0.1, -0.05) is 29.8 Å². The van der Waals surface area contributed by atoms with Crippen molar-refractivity contribution in [2.75, 3.05) is 6.61 Å². The van der Waals surface area contributed by atoms with Crippen LogP contribution in [0.1, 0.15) is 22.6 Å². The Morgan fingerprint density at radius 2 is 2.04 bits per heavy atom. The molecule has 0 saturated heterocycles. The molecule has 0 bridgehead atoms. The molecule has 4 rings (SSSR count). The Bertz CT molecular complexity index is 900. The van der Waals surface area contributed by atoms with Crippen LogP contribution >= 0.6 is 0 Å². The number of benzene rings is 2. The van der Waals surface area contributed by atoms with Crippen molar-refractivity contribution >= 4 is 10.9 Å². The van der Waals surface area contributed by atoms with Crippen molar-refractivity contribution in [1.29, 1.82) is 0 Å². The minimum atomic E-state index is -0.788. The van der Waals surface area contributed by atoms with Gasteiger partial charge in [0.05, 0.1) is 5.92 Å². The van der Waals surface area contributed by atoms with Gasteiger partial charge in [0.25, 0.3) is 6.04 Å². The zero-order valence-electron chi connectivity index (χ0n) is 12.7. The lowest BCUT2D eigenvalue weighted by Crippen LogP contribution is -2.37. The second-order valence-corrected chi connectivity index (χ2v) is 5.97. The van der Waals surface area contributed by atoms with Crippen molar-refractivity contribution in [3.05, 3.63) is 75.5 Å². The molecule has 2 aromatic carbocycles. The van der Waals surface area contributed by atoms with Gasteiger partial charge in [-0.25, -0.2) is 0 Å². The lowest BCUT2D eigenvalue weighted by atomic mass is 9.83. The number of aryl methyl sites for hydroxylation is 1. The van der Waals surface area contributed by atoms with E-state index in [1.807, 2.05) is 49.5 Å². The van der Waals surface area contributed by atoms with Crippen molar-refractivity contribution in [2.24, 2.45) is 0 Å². The molecule has 5 heteroatoms. The van der Waals surface area contributed by atoms with Gasteiger partial charge >= 0.3 is 0 Å². The average Bonchev–Trinajstić information content (AvgIpc) is 2.96. The van der Waals surface area contributed by atoms with E-state index in [2.05, 4.69) is 11.1 Å². The maximum absolute atomic E-state index is 11.6. The van der Waals surface area contributed by atoms with Crippen LogP contribution in [0.5, 0.6) is 5.75 Å². The fraction of sp³-hybridized carbons (Fsp3) is 0.222. The first kappa shape index (κ1) is 13.8. The highest BCUT2D eigenvalue weighted by Crippen LogP contribution is 2.41. The third kappa shape index (κ3) is 2.16. The number of aromatic nitrogens is 1. The maximum atomic E-state index is 11.6. The second-order valence-electron chi connectivity index (χ2n) is 5.97. The van der Waals surface area contributed by atoms with E-state index in [0.29, 0.717) is 0 Å². The number of nitro groups is 1. The lowest BCUT2D eigenvalue weighted by Gasteiger charge is -2.28. The van der Waals surface area contributed by atoms with E-state index >= 15 is 0 Å². The SMILES string of the molecule is Cc1ccc2[nH]cc([C@H]3c4ccccc4OC[C@@H]3[N+](=O)[O-])c2c1. The van der Waals surface area contributed by atoms with Gasteiger partial charge in [0.1, 0.15) is 5.75 Å². The Labute approximate surface area is 133 Å². The van der Waals surface area contributed by atoms with Gasteiger partial charge in [-0.15, -0.1) is 0 Å². The van der Waals surface area contributed by atoms with Crippen LogP contribution in [-0.4, -0.2) is 22.6 Å². The number of aromatic amines is 1. The van der Waals surface area contributed by atoms with E-state index in [-0.39, 0.29) is 17.4 Å². The van der Waals surface area contributed by atoms with Gasteiger partial charge in [0, 0.05) is 27.6 Å². The van der Waals surface area contributed by atoms with Gasteiger partial charge in [-0.3, -0.25) is 10.1 Å². The van der Waals surface area contributed by atoms with E-state index in [1.54, 1.807) is 0 Å². The van der Waals surface area contributed by atoms with E-state index in [9.17, 15) is 10.1 Å². The van der Waals surface area contributed by atoms with Crippen LogP contribution < -0.4 is 4.74 Å². The monoisotopic (exact) mass is 308 g/mol. The molecular formula is C18H16N2O3. The van der Waals surface area contributed by atoms with Crippen LogP contribution in [0.15, 0.2) is 48.7 Å². The Hall–Kier alpha value is -2.82. The molecule has 0 fully saturated rings. The quantitative estimate of drug-likeness (QED) is 0.580. The number of nitrogens with zero attached hydrogens (tertiary/aromatic N) is 1. The van der Waals surface area contributed by atoms with Gasteiger partial charge in [-0.05, 0) is 30.7 Å². The fourth-order valence-corrected chi connectivity index (χ4v) is 3.42. The molecule has 2 atom stereocenters. The van der Waals surface area contributed by atoms with Gasteiger partial charge in [0.2, 0.25) is 0 Å².